The summed E-state index contributed by atoms with van der Waals surface area (Å²) in [5, 5.41) is 0.735. The number of ether oxygens (including phenoxy) is 8. The van der Waals surface area contributed by atoms with Crippen molar-refractivity contribution in [2.75, 3.05) is 88.6 Å². The van der Waals surface area contributed by atoms with Gasteiger partial charge in [-0.05, 0) is 135 Å². The van der Waals surface area contributed by atoms with E-state index in [-0.39, 0.29) is 228 Å². The van der Waals surface area contributed by atoms with Gasteiger partial charge >= 0.3 is 18.1 Å². The summed E-state index contributed by atoms with van der Waals surface area (Å²) in [6.45, 7) is 28.1. The predicted octanol–water partition coefficient (Wildman–Crippen LogP) is 18.0. The van der Waals surface area contributed by atoms with Gasteiger partial charge in [0.05, 0.1) is 76.8 Å². The van der Waals surface area contributed by atoms with Crippen molar-refractivity contribution in [1.82, 2.24) is 29.6 Å². The fourth-order valence-corrected chi connectivity index (χ4v) is 17.1. The molecular formula is C98H97F3N8O16. The van der Waals surface area contributed by atoms with Gasteiger partial charge in [0, 0.05) is 108 Å². The molecule has 27 heteroatoms. The summed E-state index contributed by atoms with van der Waals surface area (Å²) < 4.78 is 98.1. The maximum absolute atomic E-state index is 16.6. The molecule has 24 nitrogen and oxygen atoms in total. The Labute approximate surface area is 720 Å². The second-order valence-electron chi connectivity index (χ2n) is 37.0. The molecule has 0 saturated carbocycles. The standard InChI is InChI=1S/C98H97F3N8O16/c1-14-72(90(114)106-35-31-104(32-36-106)60-39-54(46-102-48-60)92(116)120-52-66-50-118-66)108-86(110)68-41-74(122-62-23-15-56(16-24-62)94(2,3)4)80-82-76(124-64-27-19-58(20-28-64)96(8,9)10)43-70-79-71(89(113)109(88(70)112)73(45-98(99,100)101)91(115)107-37-33-105(34-38-107)61-40-55(47-103-49-61)93(117)121-53-67-51-119-67)44-77(125-65-29-21-59(22-30-65)97(11,12)13)83(85(79)82)81-75(42-69(87(108)111)78(68)84(80)81)123-63-25-17-57(18-26-63)95(5,6)7/h15-30,39-44,46-49,66-67,72-73H,14,31-38,45,50-53H2,1-13H3. The first-order valence-electron chi connectivity index (χ1n) is 42.2. The minimum Gasteiger partial charge on any atom is -0.459 e. The van der Waals surface area contributed by atoms with Gasteiger partial charge in [-0.2, -0.15) is 13.2 Å². The van der Waals surface area contributed by atoms with Crippen molar-refractivity contribution >= 4 is 102 Å². The number of anilines is 2. The van der Waals surface area contributed by atoms with Gasteiger partial charge in [0.25, 0.3) is 23.6 Å². The summed E-state index contributed by atoms with van der Waals surface area (Å²) in [5.41, 5.74) is 2.92. The van der Waals surface area contributed by atoms with Gasteiger partial charge in [-0.1, -0.05) is 139 Å². The van der Waals surface area contributed by atoms with Crippen molar-refractivity contribution in [3.63, 3.8) is 0 Å². The van der Waals surface area contributed by atoms with Crippen LogP contribution in [0.3, 0.4) is 0 Å². The lowest BCUT2D eigenvalue weighted by molar-refractivity contribution is -0.158. The first kappa shape index (κ1) is 84.5. The number of benzene rings is 9. The quantitative estimate of drug-likeness (QED) is 0.0201. The van der Waals surface area contributed by atoms with Crippen molar-refractivity contribution in [3.05, 3.63) is 214 Å². The molecule has 17 rings (SSSR count). The van der Waals surface area contributed by atoms with Crippen LogP contribution in [0.25, 0.3) is 43.1 Å². The number of rotatable bonds is 22. The Balaban J connectivity index is 0.883. The summed E-state index contributed by atoms with van der Waals surface area (Å²) in [6.07, 6.45) is -1.58. The second-order valence-corrected chi connectivity index (χ2v) is 37.0. The number of pyridine rings is 2. The van der Waals surface area contributed by atoms with Gasteiger partial charge < -0.3 is 57.5 Å². The molecule has 11 aromatic rings. The number of carbonyl (C=O) groups excluding carboxylic acids is 8. The van der Waals surface area contributed by atoms with Crippen LogP contribution in [0.15, 0.2) is 158 Å². The molecule has 2 aromatic heterocycles. The van der Waals surface area contributed by atoms with E-state index in [1.54, 1.807) is 78.7 Å². The average Bonchev–Trinajstić information content (AvgIpc) is 1.18. The molecule has 4 fully saturated rings. The number of hydrogen-bond donors (Lipinski definition) is 0. The first-order chi connectivity index (χ1) is 59.3. The third-order valence-electron chi connectivity index (χ3n) is 24.2. The Morgan fingerprint density at radius 1 is 0.392 bits per heavy atom. The van der Waals surface area contributed by atoms with E-state index >= 15 is 41.9 Å². The minimum atomic E-state index is -5.17. The summed E-state index contributed by atoms with van der Waals surface area (Å²) >= 11 is 0. The highest BCUT2D eigenvalue weighted by Crippen LogP contribution is 2.59. The molecule has 0 radical (unpaired) electrons. The van der Waals surface area contributed by atoms with E-state index < -0.39 is 72.1 Å². The van der Waals surface area contributed by atoms with Crippen LogP contribution in [0, 0.1) is 0 Å². The fourth-order valence-electron chi connectivity index (χ4n) is 17.1. The number of fused-ring (bicyclic) bond motifs is 2. The van der Waals surface area contributed by atoms with E-state index in [0.717, 1.165) is 27.2 Å². The van der Waals surface area contributed by atoms with Crippen LogP contribution in [0.4, 0.5) is 24.5 Å². The van der Waals surface area contributed by atoms with Crippen molar-refractivity contribution in [1.29, 1.82) is 0 Å². The van der Waals surface area contributed by atoms with E-state index in [2.05, 4.69) is 51.5 Å². The molecule has 0 N–H and O–H groups in total. The number of hydrogen-bond acceptors (Lipinski definition) is 20. The molecule has 9 aromatic carbocycles. The molecule has 0 aliphatic carbocycles. The molecule has 6 aliphatic rings. The highest BCUT2D eigenvalue weighted by molar-refractivity contribution is 6.45. The molecule has 0 spiro atoms. The number of piperazine rings is 2. The number of nitrogens with zero attached hydrogens (tertiary/aromatic N) is 8. The van der Waals surface area contributed by atoms with Crippen LogP contribution >= 0.6 is 0 Å². The molecule has 646 valence electrons. The second kappa shape index (κ2) is 32.1. The summed E-state index contributed by atoms with van der Waals surface area (Å²) in [6, 6.07) is 34.3. The first-order valence-corrected chi connectivity index (χ1v) is 42.2. The Hall–Kier alpha value is -12.8. The molecule has 6 amide bonds. The van der Waals surface area contributed by atoms with Crippen LogP contribution in [0.5, 0.6) is 46.0 Å². The van der Waals surface area contributed by atoms with Crippen molar-refractivity contribution < 1.29 is 89.4 Å². The SMILES string of the molecule is CCC(C(=O)N1CCN(c2cncc(C(=O)OCC3CO3)c2)CC1)N1C(=O)c2cc(Oc3ccc(C(C)(C)C)cc3)c3c4c(Oc5ccc(C(C)(C)C)cc5)cc5c6c(cc(Oc7ccc(C(C)(C)C)cc7)c(c7c(Oc8ccc(C(C)(C)C)cc8)cc(c2c37)C1=O)c64)C(=O)N(C(CC(F)(F)F)C(=O)N1CCN(c2cncc(C(=O)OCC3CO3)c2)CC1)C5=O. The topological polar surface area (TPSA) is 262 Å². The van der Waals surface area contributed by atoms with E-state index in [4.69, 9.17) is 37.9 Å². The molecule has 4 unspecified atom stereocenters. The highest BCUT2D eigenvalue weighted by Gasteiger charge is 2.51. The van der Waals surface area contributed by atoms with Gasteiger partial charge in [-0.25, -0.2) is 9.59 Å². The lowest BCUT2D eigenvalue weighted by Crippen LogP contribution is -2.59. The number of halogens is 3. The van der Waals surface area contributed by atoms with E-state index in [1.165, 1.54) is 47.8 Å². The lowest BCUT2D eigenvalue weighted by Gasteiger charge is -2.40. The van der Waals surface area contributed by atoms with Gasteiger partial charge in [0.1, 0.15) is 83.5 Å². The Morgan fingerprint density at radius 3 is 0.936 bits per heavy atom. The van der Waals surface area contributed by atoms with E-state index in [9.17, 15) is 9.59 Å². The van der Waals surface area contributed by atoms with Crippen molar-refractivity contribution in [2.45, 2.75) is 155 Å². The van der Waals surface area contributed by atoms with Crippen molar-refractivity contribution in [3.8, 4) is 46.0 Å². The molecular weight excluding hydrogens is 1600 g/mol. The number of carbonyl (C=O) groups is 8. The highest BCUT2D eigenvalue weighted by atomic mass is 19.4. The molecule has 6 aliphatic heterocycles. The minimum absolute atomic E-state index is 0.0310. The van der Waals surface area contributed by atoms with Crippen LogP contribution in [0.2, 0.25) is 0 Å². The van der Waals surface area contributed by atoms with E-state index in [1.807, 2.05) is 99.9 Å². The van der Waals surface area contributed by atoms with Gasteiger partial charge in [0.15, 0.2) is 0 Å². The van der Waals surface area contributed by atoms with Crippen LogP contribution in [0.1, 0.15) is 187 Å². The summed E-state index contributed by atoms with van der Waals surface area (Å²) in [5.74, 6) is -6.52. The zero-order valence-electron chi connectivity index (χ0n) is 72.0. The molecule has 125 heavy (non-hydrogen) atoms. The Kier molecular flexibility index (Phi) is 21.7. The fraction of sp³-hybridized carbons (Fsp3) is 0.367. The number of amides is 6. The maximum atomic E-state index is 16.6. The van der Waals surface area contributed by atoms with Crippen LogP contribution < -0.4 is 28.7 Å². The number of alkyl halides is 3. The van der Waals surface area contributed by atoms with Crippen molar-refractivity contribution in [2.24, 2.45) is 0 Å². The zero-order chi connectivity index (χ0) is 88.4. The van der Waals surface area contributed by atoms with Gasteiger partial charge in [-0.3, -0.25) is 48.5 Å². The van der Waals surface area contributed by atoms with E-state index in [0.29, 0.717) is 29.5 Å². The maximum Gasteiger partial charge on any atom is 0.391 e. The number of esters is 2. The normalized spacial score (nSPS) is 17.4. The third-order valence-corrected chi connectivity index (χ3v) is 24.2. The molecule has 8 heterocycles. The predicted molar refractivity (Wildman–Crippen MR) is 464 cm³/mol. The molecule has 4 saturated heterocycles. The third kappa shape index (κ3) is 16.7. The van der Waals surface area contributed by atoms with Crippen LogP contribution in [-0.4, -0.2) is 186 Å². The Morgan fingerprint density at radius 2 is 0.672 bits per heavy atom. The summed E-state index contributed by atoms with van der Waals surface area (Å²) in [7, 11) is 0. The smallest absolute Gasteiger partial charge is 0.391 e. The van der Waals surface area contributed by atoms with Gasteiger partial charge in [0.2, 0.25) is 11.8 Å². The molecule has 4 atom stereocenters. The van der Waals surface area contributed by atoms with Gasteiger partial charge in [-0.15, -0.1) is 0 Å². The Bertz CT molecular complexity index is 5920. The van der Waals surface area contributed by atoms with Crippen LogP contribution in [-0.2, 0) is 50.2 Å². The lowest BCUT2D eigenvalue weighted by atomic mass is 9.80. The summed E-state index contributed by atoms with van der Waals surface area (Å²) in [4.78, 5) is 141. The largest absolute Gasteiger partial charge is 0.459 e. The number of aromatic nitrogens is 2. The zero-order valence-corrected chi connectivity index (χ0v) is 72.0. The average molecular weight is 1700 g/mol. The monoisotopic (exact) mass is 1700 g/mol. The number of epoxide rings is 2. The number of imide groups is 2. The molecule has 0 bridgehead atoms.